The molecule has 3 aromatic rings. The lowest BCUT2D eigenvalue weighted by molar-refractivity contribution is -0.389. The van der Waals surface area contributed by atoms with E-state index in [1.807, 2.05) is 6.92 Å². The molecule has 0 spiro atoms. The number of halogens is 1. The van der Waals surface area contributed by atoms with Crippen molar-refractivity contribution in [1.29, 1.82) is 0 Å². The fraction of sp³-hybridized carbons (Fsp3) is 0.227. The number of hydrogen-bond donors (Lipinski definition) is 1. The summed E-state index contributed by atoms with van der Waals surface area (Å²) in [6.07, 6.45) is 1.43. The molecule has 1 aromatic heterocycles. The Morgan fingerprint density at radius 3 is 2.64 bits per heavy atom. The Morgan fingerprint density at radius 2 is 1.97 bits per heavy atom. The Bertz CT molecular complexity index is 1160. The number of aryl methyl sites for hydroxylation is 1. The molecule has 172 valence electrons. The molecule has 0 saturated carbocycles. The van der Waals surface area contributed by atoms with Gasteiger partial charge in [0.2, 0.25) is 0 Å². The number of ether oxygens (including phenoxy) is 2. The largest absolute Gasteiger partial charge is 0.490 e. The van der Waals surface area contributed by atoms with Gasteiger partial charge in [0.15, 0.2) is 11.5 Å². The first-order chi connectivity index (χ1) is 15.9. The SMILES string of the molecule is CCOc1cc(/C=N/NC(=O)Cn2nc([N+](=O)[O-])cc2C)ccc1OCc1ccc(F)cc1. The lowest BCUT2D eigenvalue weighted by Crippen LogP contribution is -2.24. The molecule has 0 unspecified atom stereocenters. The summed E-state index contributed by atoms with van der Waals surface area (Å²) >= 11 is 0. The van der Waals surface area contributed by atoms with Crippen LogP contribution in [0.15, 0.2) is 53.6 Å². The smallest absolute Gasteiger partial charge is 0.390 e. The van der Waals surface area contributed by atoms with Gasteiger partial charge in [-0.05, 0) is 60.2 Å². The van der Waals surface area contributed by atoms with Gasteiger partial charge in [-0.15, -0.1) is 0 Å². The third-order valence-corrected chi connectivity index (χ3v) is 4.43. The van der Waals surface area contributed by atoms with E-state index in [0.717, 1.165) is 5.56 Å². The average Bonchev–Trinajstić information content (AvgIpc) is 3.15. The average molecular weight is 455 g/mol. The van der Waals surface area contributed by atoms with Gasteiger partial charge in [-0.3, -0.25) is 4.79 Å². The maximum Gasteiger partial charge on any atom is 0.390 e. The molecule has 0 saturated heterocycles. The molecule has 0 fully saturated rings. The Hall–Kier alpha value is -4.28. The van der Waals surface area contributed by atoms with Crippen molar-refractivity contribution in [2.24, 2.45) is 5.10 Å². The van der Waals surface area contributed by atoms with Crippen molar-refractivity contribution in [3.63, 3.8) is 0 Å². The molecule has 0 atom stereocenters. The van der Waals surface area contributed by atoms with Crippen LogP contribution in [0.3, 0.4) is 0 Å². The van der Waals surface area contributed by atoms with Gasteiger partial charge in [0, 0.05) is 0 Å². The van der Waals surface area contributed by atoms with Gasteiger partial charge in [0.1, 0.15) is 19.0 Å². The van der Waals surface area contributed by atoms with Gasteiger partial charge >= 0.3 is 5.82 Å². The third kappa shape index (κ3) is 6.60. The number of nitro groups is 1. The molecule has 2 aromatic carbocycles. The molecule has 0 aliphatic rings. The van der Waals surface area contributed by atoms with Crippen molar-refractivity contribution in [2.75, 3.05) is 6.61 Å². The van der Waals surface area contributed by atoms with Crippen LogP contribution in [0, 0.1) is 22.9 Å². The van der Waals surface area contributed by atoms with Crippen LogP contribution in [-0.4, -0.2) is 33.4 Å². The number of rotatable bonds is 10. The highest BCUT2D eigenvalue weighted by Crippen LogP contribution is 2.29. The summed E-state index contributed by atoms with van der Waals surface area (Å²) < 4.78 is 25.7. The fourth-order valence-corrected chi connectivity index (χ4v) is 2.83. The van der Waals surface area contributed by atoms with Crippen LogP contribution in [0.4, 0.5) is 10.2 Å². The van der Waals surface area contributed by atoms with Crippen molar-refractivity contribution in [3.8, 4) is 11.5 Å². The van der Waals surface area contributed by atoms with E-state index < -0.39 is 10.8 Å². The summed E-state index contributed by atoms with van der Waals surface area (Å²) in [4.78, 5) is 22.2. The van der Waals surface area contributed by atoms with Crippen LogP contribution < -0.4 is 14.9 Å². The molecule has 1 N–H and O–H groups in total. The van der Waals surface area contributed by atoms with Crippen LogP contribution in [-0.2, 0) is 17.9 Å². The minimum absolute atomic E-state index is 0.211. The second-order valence-corrected chi connectivity index (χ2v) is 6.91. The van der Waals surface area contributed by atoms with Crippen LogP contribution in [0.5, 0.6) is 11.5 Å². The van der Waals surface area contributed by atoms with E-state index in [4.69, 9.17) is 9.47 Å². The van der Waals surface area contributed by atoms with Gasteiger partial charge in [-0.25, -0.2) is 9.82 Å². The standard InChI is InChI=1S/C22H22FN5O5/c1-3-32-20-11-17(6-9-19(20)33-14-16-4-7-18(23)8-5-16)12-24-25-22(29)13-27-15(2)10-21(26-27)28(30)31/h4-12H,3,13-14H2,1-2H3,(H,25,29)/b24-12+. The minimum atomic E-state index is -0.622. The second kappa shape index (κ2) is 10.8. The Balaban J connectivity index is 1.60. The summed E-state index contributed by atoms with van der Waals surface area (Å²) in [6.45, 7) is 3.91. The van der Waals surface area contributed by atoms with Crippen molar-refractivity contribution >= 4 is 17.9 Å². The van der Waals surface area contributed by atoms with E-state index >= 15 is 0 Å². The molecular formula is C22H22FN5O5. The molecule has 33 heavy (non-hydrogen) atoms. The molecule has 3 rings (SSSR count). The first-order valence-corrected chi connectivity index (χ1v) is 10.0. The first-order valence-electron chi connectivity index (χ1n) is 10.0. The summed E-state index contributed by atoms with van der Waals surface area (Å²) in [6, 6.07) is 12.5. The number of carbonyl (C=O) groups excluding carboxylic acids is 1. The van der Waals surface area contributed by atoms with Gasteiger partial charge in [-0.1, -0.05) is 12.1 Å². The Labute approximate surface area is 188 Å². The monoisotopic (exact) mass is 455 g/mol. The highest BCUT2D eigenvalue weighted by atomic mass is 19.1. The van der Waals surface area contributed by atoms with Crippen molar-refractivity contribution < 1.29 is 23.6 Å². The van der Waals surface area contributed by atoms with Crippen LogP contribution in [0.2, 0.25) is 0 Å². The van der Waals surface area contributed by atoms with Crippen LogP contribution in [0.25, 0.3) is 0 Å². The topological polar surface area (TPSA) is 121 Å². The molecule has 1 amide bonds. The van der Waals surface area contributed by atoms with Gasteiger partial charge in [0.25, 0.3) is 5.91 Å². The van der Waals surface area contributed by atoms with Crippen LogP contribution >= 0.6 is 0 Å². The number of amides is 1. The van der Waals surface area contributed by atoms with E-state index in [1.54, 1.807) is 37.3 Å². The van der Waals surface area contributed by atoms with Gasteiger partial charge < -0.3 is 19.6 Å². The second-order valence-electron chi connectivity index (χ2n) is 6.91. The molecule has 10 nitrogen and oxygen atoms in total. The first kappa shape index (κ1) is 23.4. The maximum atomic E-state index is 13.0. The van der Waals surface area contributed by atoms with E-state index in [-0.39, 0.29) is 24.8 Å². The number of benzene rings is 2. The van der Waals surface area contributed by atoms with E-state index in [1.165, 1.54) is 29.1 Å². The number of nitrogens with one attached hydrogen (secondary N) is 1. The quantitative estimate of drug-likeness (QED) is 0.284. The maximum absolute atomic E-state index is 13.0. The van der Waals surface area contributed by atoms with E-state index in [0.29, 0.717) is 29.4 Å². The van der Waals surface area contributed by atoms with E-state index in [2.05, 4.69) is 15.6 Å². The van der Waals surface area contributed by atoms with Gasteiger partial charge in [0.05, 0.1) is 29.7 Å². The molecule has 0 bridgehead atoms. The van der Waals surface area contributed by atoms with Crippen molar-refractivity contribution in [1.82, 2.24) is 15.2 Å². The summed E-state index contributed by atoms with van der Waals surface area (Å²) in [5.74, 6) is -0.122. The zero-order valence-electron chi connectivity index (χ0n) is 18.0. The predicted octanol–water partition coefficient (Wildman–Crippen LogP) is 3.37. The zero-order valence-corrected chi connectivity index (χ0v) is 18.0. The normalized spacial score (nSPS) is 10.9. The summed E-state index contributed by atoms with van der Waals surface area (Å²) in [5.41, 5.74) is 4.31. The van der Waals surface area contributed by atoms with E-state index in [9.17, 15) is 19.3 Å². The zero-order chi connectivity index (χ0) is 23.8. The molecule has 0 aliphatic carbocycles. The molecule has 1 heterocycles. The summed E-state index contributed by atoms with van der Waals surface area (Å²) in [7, 11) is 0. The highest BCUT2D eigenvalue weighted by Gasteiger charge is 2.17. The van der Waals surface area contributed by atoms with Crippen molar-refractivity contribution in [2.45, 2.75) is 27.0 Å². The highest BCUT2D eigenvalue weighted by molar-refractivity contribution is 5.83. The molecule has 0 aliphatic heterocycles. The molecular weight excluding hydrogens is 433 g/mol. The van der Waals surface area contributed by atoms with Crippen LogP contribution in [0.1, 0.15) is 23.7 Å². The fourth-order valence-electron chi connectivity index (χ4n) is 2.83. The summed E-state index contributed by atoms with van der Waals surface area (Å²) in [5, 5.41) is 18.4. The van der Waals surface area contributed by atoms with Crippen molar-refractivity contribution in [3.05, 3.63) is 81.3 Å². The Morgan fingerprint density at radius 1 is 1.21 bits per heavy atom. The lowest BCUT2D eigenvalue weighted by Gasteiger charge is -2.12. The Kier molecular flexibility index (Phi) is 7.68. The van der Waals surface area contributed by atoms with Gasteiger partial charge in [-0.2, -0.15) is 9.78 Å². The number of nitrogens with zero attached hydrogens (tertiary/aromatic N) is 4. The molecule has 0 radical (unpaired) electrons. The minimum Gasteiger partial charge on any atom is -0.490 e. The number of hydrazone groups is 1. The number of aromatic nitrogens is 2. The lowest BCUT2D eigenvalue weighted by atomic mass is 10.2. The molecule has 11 heteroatoms. The predicted molar refractivity (Wildman–Crippen MR) is 118 cm³/mol. The third-order valence-electron chi connectivity index (χ3n) is 4.43. The number of hydrogen-bond acceptors (Lipinski definition) is 7. The number of carbonyl (C=O) groups is 1.